The Morgan fingerprint density at radius 1 is 0.727 bits per heavy atom. The van der Waals surface area contributed by atoms with Crippen LogP contribution >= 0.6 is 31.9 Å². The van der Waals surface area contributed by atoms with E-state index in [9.17, 15) is 0 Å². The molecule has 0 aromatic heterocycles. The van der Waals surface area contributed by atoms with Gasteiger partial charge in [0.2, 0.25) is 0 Å². The highest BCUT2D eigenvalue weighted by Gasteiger charge is 2.08. The van der Waals surface area contributed by atoms with Crippen LogP contribution in [0.5, 0.6) is 0 Å². The fourth-order valence-electron chi connectivity index (χ4n) is 2.92. The second kappa shape index (κ2) is 7.58. The third-order valence-electron chi connectivity index (χ3n) is 4.03. The average molecular weight is 421 g/mol. The smallest absolute Gasteiger partial charge is 0.0240 e. The average Bonchev–Trinajstić information content (AvgIpc) is 2.54. The van der Waals surface area contributed by atoms with Gasteiger partial charge in [-0.2, -0.15) is 0 Å². The van der Waals surface area contributed by atoms with E-state index in [0.29, 0.717) is 0 Å². The van der Waals surface area contributed by atoms with Crippen molar-refractivity contribution < 1.29 is 0 Å². The van der Waals surface area contributed by atoms with E-state index in [0.717, 1.165) is 30.3 Å². The summed E-state index contributed by atoms with van der Waals surface area (Å²) in [7, 11) is 0. The molecule has 0 N–H and O–H groups in total. The van der Waals surface area contributed by atoms with Gasteiger partial charge in [-0.25, -0.2) is 0 Å². The maximum absolute atomic E-state index is 3.56. The Hall–Kier alpha value is -0.900. The maximum atomic E-state index is 3.56. The molecule has 3 rings (SSSR count). The number of hydrogen-bond donors (Lipinski definition) is 0. The Morgan fingerprint density at radius 3 is 2.05 bits per heavy atom. The molecule has 0 bridgehead atoms. The molecule has 1 nitrogen and oxygen atoms in total. The van der Waals surface area contributed by atoms with E-state index in [4.69, 9.17) is 0 Å². The van der Waals surface area contributed by atoms with E-state index >= 15 is 0 Å². The Balaban J connectivity index is 2.03. The lowest BCUT2D eigenvalue weighted by molar-refractivity contribution is 0.303. The molecule has 3 aromatic rings. The van der Waals surface area contributed by atoms with Crippen molar-refractivity contribution in [3.63, 3.8) is 0 Å². The van der Waals surface area contributed by atoms with Crippen LogP contribution in [0.2, 0.25) is 0 Å². The van der Waals surface area contributed by atoms with Crippen LogP contribution in [-0.4, -0.2) is 28.6 Å². The lowest BCUT2D eigenvalue weighted by Crippen LogP contribution is -2.27. The van der Waals surface area contributed by atoms with E-state index in [-0.39, 0.29) is 0 Å². The molecule has 0 aliphatic heterocycles. The fourth-order valence-corrected chi connectivity index (χ4v) is 3.92. The van der Waals surface area contributed by atoms with Gasteiger partial charge in [0.1, 0.15) is 0 Å². The molecule has 22 heavy (non-hydrogen) atoms. The number of nitrogens with zero attached hydrogens (tertiary/aromatic N) is 1. The van der Waals surface area contributed by atoms with Crippen LogP contribution in [0.1, 0.15) is 5.56 Å². The summed E-state index contributed by atoms with van der Waals surface area (Å²) in [5.41, 5.74) is 1.41. The number of rotatable bonds is 6. The van der Waals surface area contributed by atoms with E-state index in [1.165, 1.54) is 27.1 Å². The molecule has 114 valence electrons. The van der Waals surface area contributed by atoms with Crippen LogP contribution in [0.25, 0.3) is 21.5 Å². The van der Waals surface area contributed by atoms with Crippen LogP contribution in [0.4, 0.5) is 0 Å². The van der Waals surface area contributed by atoms with Gasteiger partial charge >= 0.3 is 0 Å². The first-order valence-corrected chi connectivity index (χ1v) is 9.81. The summed E-state index contributed by atoms with van der Waals surface area (Å²) in [4.78, 5) is 2.48. The molecule has 0 atom stereocenters. The largest absolute Gasteiger partial charge is 0.297 e. The Labute approximate surface area is 148 Å². The lowest BCUT2D eigenvalue weighted by atomic mass is 9.99. The summed E-state index contributed by atoms with van der Waals surface area (Å²) in [5, 5.41) is 7.34. The molecule has 3 heteroatoms. The molecule has 0 saturated heterocycles. The van der Waals surface area contributed by atoms with Crippen LogP contribution in [0, 0.1) is 0 Å². The second-order valence-corrected chi connectivity index (χ2v) is 7.08. The SMILES string of the molecule is BrCCN(CCBr)Cc1cccc2cc3ccccc3cc12. The van der Waals surface area contributed by atoms with Gasteiger partial charge < -0.3 is 0 Å². The molecule has 0 spiro atoms. The lowest BCUT2D eigenvalue weighted by Gasteiger charge is -2.21. The molecular weight excluding hydrogens is 402 g/mol. The maximum Gasteiger partial charge on any atom is 0.0240 e. The van der Waals surface area contributed by atoms with Gasteiger partial charge in [0.05, 0.1) is 0 Å². The molecular formula is C19H19Br2N. The standard InChI is InChI=1S/C19H19Br2N/c20-8-10-22(11-9-21)14-18-7-3-6-17-12-15-4-1-2-5-16(15)13-19(17)18/h1-7,12-13H,8-11,14H2. The van der Waals surface area contributed by atoms with Gasteiger partial charge in [-0.1, -0.05) is 74.3 Å². The highest BCUT2D eigenvalue weighted by molar-refractivity contribution is 9.09. The van der Waals surface area contributed by atoms with Crippen molar-refractivity contribution in [3.05, 3.63) is 60.2 Å². The van der Waals surface area contributed by atoms with Crippen molar-refractivity contribution in [2.45, 2.75) is 6.54 Å². The quantitative estimate of drug-likeness (QED) is 0.371. The first-order valence-electron chi connectivity index (χ1n) is 7.56. The van der Waals surface area contributed by atoms with Crippen LogP contribution in [0.3, 0.4) is 0 Å². The number of halogens is 2. The van der Waals surface area contributed by atoms with Gasteiger partial charge in [-0.05, 0) is 39.2 Å². The monoisotopic (exact) mass is 419 g/mol. The first kappa shape index (κ1) is 16.0. The van der Waals surface area contributed by atoms with Gasteiger partial charge in [-0.3, -0.25) is 4.90 Å². The zero-order valence-electron chi connectivity index (χ0n) is 12.4. The summed E-state index contributed by atoms with van der Waals surface area (Å²) in [6.45, 7) is 3.12. The van der Waals surface area contributed by atoms with Gasteiger partial charge in [0, 0.05) is 30.3 Å². The van der Waals surface area contributed by atoms with Gasteiger partial charge in [-0.15, -0.1) is 0 Å². The van der Waals surface area contributed by atoms with Crippen molar-refractivity contribution in [2.75, 3.05) is 23.7 Å². The molecule has 3 aromatic carbocycles. The Morgan fingerprint density at radius 2 is 1.36 bits per heavy atom. The predicted molar refractivity (Wildman–Crippen MR) is 104 cm³/mol. The fraction of sp³-hybridized carbons (Fsp3) is 0.263. The van der Waals surface area contributed by atoms with Crippen LogP contribution in [0.15, 0.2) is 54.6 Å². The summed E-state index contributed by atoms with van der Waals surface area (Å²) < 4.78 is 0. The zero-order chi connectivity index (χ0) is 15.4. The molecule has 0 saturated carbocycles. The number of benzene rings is 3. The molecule has 0 radical (unpaired) electrons. The predicted octanol–water partition coefficient (Wildman–Crippen LogP) is 5.58. The number of alkyl halides is 2. The molecule has 0 unspecified atom stereocenters. The van der Waals surface area contributed by atoms with E-state index in [1.807, 2.05) is 0 Å². The van der Waals surface area contributed by atoms with Crippen molar-refractivity contribution in [2.24, 2.45) is 0 Å². The third-order valence-corrected chi connectivity index (χ3v) is 4.74. The van der Waals surface area contributed by atoms with E-state index in [1.54, 1.807) is 0 Å². The first-order chi connectivity index (χ1) is 10.8. The second-order valence-electron chi connectivity index (χ2n) is 5.49. The number of hydrogen-bond acceptors (Lipinski definition) is 1. The topological polar surface area (TPSA) is 3.24 Å². The Bertz CT molecular complexity index is 764. The minimum Gasteiger partial charge on any atom is -0.297 e. The minimum atomic E-state index is 0.993. The van der Waals surface area contributed by atoms with E-state index < -0.39 is 0 Å². The van der Waals surface area contributed by atoms with Crippen LogP contribution < -0.4 is 0 Å². The summed E-state index contributed by atoms with van der Waals surface area (Å²) in [6.07, 6.45) is 0. The summed E-state index contributed by atoms with van der Waals surface area (Å²) in [5.74, 6) is 0. The summed E-state index contributed by atoms with van der Waals surface area (Å²) in [6, 6.07) is 19.9. The summed E-state index contributed by atoms with van der Waals surface area (Å²) >= 11 is 7.12. The van der Waals surface area contributed by atoms with Crippen molar-refractivity contribution in [3.8, 4) is 0 Å². The third kappa shape index (κ3) is 3.53. The van der Waals surface area contributed by atoms with Crippen LogP contribution in [-0.2, 0) is 6.54 Å². The molecule has 0 aliphatic rings. The van der Waals surface area contributed by atoms with Crippen molar-refractivity contribution in [1.29, 1.82) is 0 Å². The molecule has 0 aliphatic carbocycles. The molecule has 0 fully saturated rings. The van der Waals surface area contributed by atoms with Gasteiger partial charge in [0.15, 0.2) is 0 Å². The van der Waals surface area contributed by atoms with E-state index in [2.05, 4.69) is 91.4 Å². The van der Waals surface area contributed by atoms with Crippen molar-refractivity contribution in [1.82, 2.24) is 4.90 Å². The van der Waals surface area contributed by atoms with Gasteiger partial charge in [0.25, 0.3) is 0 Å². The Kier molecular flexibility index (Phi) is 5.51. The zero-order valence-corrected chi connectivity index (χ0v) is 15.6. The highest BCUT2D eigenvalue weighted by Crippen LogP contribution is 2.26. The minimum absolute atomic E-state index is 0.993. The normalized spacial score (nSPS) is 11.6. The molecule has 0 heterocycles. The van der Waals surface area contributed by atoms with Crippen molar-refractivity contribution >= 4 is 53.4 Å². The molecule has 0 amide bonds. The highest BCUT2D eigenvalue weighted by atomic mass is 79.9. The number of fused-ring (bicyclic) bond motifs is 2.